The molecule has 0 aromatic heterocycles. The van der Waals surface area contributed by atoms with Gasteiger partial charge in [-0.05, 0) is 72.2 Å². The molecule has 0 bridgehead atoms. The minimum Gasteiger partial charge on any atom is -0.496 e. The summed E-state index contributed by atoms with van der Waals surface area (Å²) in [6, 6.07) is 18.4. The number of carbonyl (C=O) groups is 1. The molecule has 0 saturated carbocycles. The monoisotopic (exact) mass is 359 g/mol. The molecule has 0 heterocycles. The van der Waals surface area contributed by atoms with Crippen molar-refractivity contribution < 1.29 is 9.53 Å². The second-order valence-electron chi connectivity index (χ2n) is 7.33. The fourth-order valence-corrected chi connectivity index (χ4v) is 3.95. The highest BCUT2D eigenvalue weighted by Crippen LogP contribution is 2.28. The van der Waals surface area contributed by atoms with Gasteiger partial charge in [-0.2, -0.15) is 0 Å². The second-order valence-corrected chi connectivity index (χ2v) is 7.33. The van der Waals surface area contributed by atoms with E-state index < -0.39 is 0 Å². The molecule has 27 heavy (non-hydrogen) atoms. The first-order valence-corrected chi connectivity index (χ1v) is 9.65. The zero-order valence-electron chi connectivity index (χ0n) is 15.9. The summed E-state index contributed by atoms with van der Waals surface area (Å²) in [5.41, 5.74) is 4.62. The number of hydrogen-bond acceptors (Lipinski definition) is 2. The number of methoxy groups -OCH3 is 1. The maximum absolute atomic E-state index is 12.9. The molecule has 1 N–H and O–H groups in total. The fraction of sp³-hybridized carbons (Fsp3) is 0.292. The molecule has 0 fully saturated rings. The molecule has 0 saturated heterocycles. The highest BCUT2D eigenvalue weighted by atomic mass is 16.5. The van der Waals surface area contributed by atoms with Crippen LogP contribution in [0.4, 0.5) is 0 Å². The molecule has 1 atom stereocenters. The van der Waals surface area contributed by atoms with Crippen molar-refractivity contribution in [3.8, 4) is 5.75 Å². The van der Waals surface area contributed by atoms with Crippen molar-refractivity contribution in [3.05, 3.63) is 76.9 Å². The number of carbonyl (C=O) groups excluding carboxylic acids is 1. The van der Waals surface area contributed by atoms with Gasteiger partial charge in [-0.1, -0.05) is 42.5 Å². The number of fused-ring (bicyclic) bond motifs is 2. The van der Waals surface area contributed by atoms with Crippen LogP contribution >= 0.6 is 0 Å². The molecule has 1 amide bonds. The van der Waals surface area contributed by atoms with Crippen LogP contribution in [-0.2, 0) is 12.8 Å². The standard InChI is InChI=1S/C24H25NO2/c1-16(18-12-11-17-7-3-4-8-19(17)13-18)25-24(26)22-14-20-9-5-6-10-21(20)15-23(22)27-2/h5-6,9-16H,3-4,7-8H2,1-2H3,(H,25,26)/t16-/m1/s1. The average Bonchev–Trinajstić information content (AvgIpc) is 2.72. The van der Waals surface area contributed by atoms with E-state index >= 15 is 0 Å². The van der Waals surface area contributed by atoms with Gasteiger partial charge in [0.25, 0.3) is 5.91 Å². The van der Waals surface area contributed by atoms with E-state index in [1.54, 1.807) is 7.11 Å². The van der Waals surface area contributed by atoms with Crippen molar-refractivity contribution in [2.24, 2.45) is 0 Å². The number of ether oxygens (including phenoxy) is 1. The lowest BCUT2D eigenvalue weighted by Gasteiger charge is -2.20. The van der Waals surface area contributed by atoms with E-state index in [1.807, 2.05) is 43.3 Å². The van der Waals surface area contributed by atoms with Gasteiger partial charge in [-0.25, -0.2) is 0 Å². The summed E-state index contributed by atoms with van der Waals surface area (Å²) in [6.07, 6.45) is 4.85. The van der Waals surface area contributed by atoms with Crippen molar-refractivity contribution in [1.29, 1.82) is 0 Å². The number of hydrogen-bond donors (Lipinski definition) is 1. The smallest absolute Gasteiger partial charge is 0.255 e. The molecule has 0 radical (unpaired) electrons. The third-order valence-electron chi connectivity index (χ3n) is 5.53. The van der Waals surface area contributed by atoms with Crippen LogP contribution in [0.2, 0.25) is 0 Å². The van der Waals surface area contributed by atoms with Crippen molar-refractivity contribution in [2.45, 2.75) is 38.6 Å². The summed E-state index contributed by atoms with van der Waals surface area (Å²) in [5, 5.41) is 5.24. The van der Waals surface area contributed by atoms with Crippen molar-refractivity contribution in [2.75, 3.05) is 7.11 Å². The highest BCUT2D eigenvalue weighted by Gasteiger charge is 2.18. The lowest BCUT2D eigenvalue weighted by molar-refractivity contribution is 0.0937. The molecule has 1 aliphatic carbocycles. The van der Waals surface area contributed by atoms with Crippen LogP contribution in [-0.4, -0.2) is 13.0 Å². The van der Waals surface area contributed by atoms with Crippen LogP contribution in [0.5, 0.6) is 5.75 Å². The Bertz CT molecular complexity index is 993. The minimum atomic E-state index is -0.108. The second kappa shape index (κ2) is 7.43. The number of amides is 1. The molecule has 0 aliphatic heterocycles. The summed E-state index contributed by atoms with van der Waals surface area (Å²) in [7, 11) is 1.60. The fourth-order valence-electron chi connectivity index (χ4n) is 3.95. The predicted octanol–water partition coefficient (Wildman–Crippen LogP) is 5.22. The SMILES string of the molecule is COc1cc2ccccc2cc1C(=O)N[C@H](C)c1ccc2c(c1)CCCC2. The van der Waals surface area contributed by atoms with Crippen molar-refractivity contribution in [3.63, 3.8) is 0 Å². The van der Waals surface area contributed by atoms with Gasteiger partial charge in [0.15, 0.2) is 0 Å². The lowest BCUT2D eigenvalue weighted by atomic mass is 9.89. The van der Waals surface area contributed by atoms with Crippen LogP contribution < -0.4 is 10.1 Å². The van der Waals surface area contributed by atoms with Crippen LogP contribution in [0.3, 0.4) is 0 Å². The van der Waals surface area contributed by atoms with Gasteiger partial charge in [-0.3, -0.25) is 4.79 Å². The third kappa shape index (κ3) is 3.55. The Labute approximate surface area is 160 Å². The third-order valence-corrected chi connectivity index (χ3v) is 5.53. The van der Waals surface area contributed by atoms with Crippen LogP contribution in [0.15, 0.2) is 54.6 Å². The summed E-state index contributed by atoms with van der Waals surface area (Å²) in [6.45, 7) is 2.04. The van der Waals surface area contributed by atoms with Gasteiger partial charge in [0, 0.05) is 0 Å². The zero-order chi connectivity index (χ0) is 18.8. The summed E-state index contributed by atoms with van der Waals surface area (Å²) in [4.78, 5) is 12.9. The molecular weight excluding hydrogens is 334 g/mol. The van der Waals surface area contributed by atoms with Gasteiger partial charge in [0.2, 0.25) is 0 Å². The van der Waals surface area contributed by atoms with Gasteiger partial charge in [0.05, 0.1) is 18.7 Å². The van der Waals surface area contributed by atoms with E-state index in [1.165, 1.54) is 30.4 Å². The molecule has 3 heteroatoms. The molecule has 0 unspecified atom stereocenters. The number of rotatable bonds is 4. The maximum Gasteiger partial charge on any atom is 0.255 e. The van der Waals surface area contributed by atoms with E-state index in [0.29, 0.717) is 11.3 Å². The maximum atomic E-state index is 12.9. The molecule has 138 valence electrons. The summed E-state index contributed by atoms with van der Waals surface area (Å²) < 4.78 is 5.48. The first-order chi connectivity index (χ1) is 13.2. The van der Waals surface area contributed by atoms with E-state index in [2.05, 4.69) is 23.5 Å². The van der Waals surface area contributed by atoms with Crippen LogP contribution in [0, 0.1) is 0 Å². The van der Waals surface area contributed by atoms with Gasteiger partial charge >= 0.3 is 0 Å². The Balaban J connectivity index is 1.59. The van der Waals surface area contributed by atoms with Crippen molar-refractivity contribution >= 4 is 16.7 Å². The molecule has 0 spiro atoms. The Morgan fingerprint density at radius 2 is 1.67 bits per heavy atom. The van der Waals surface area contributed by atoms with Gasteiger partial charge in [0.1, 0.15) is 5.75 Å². The Hall–Kier alpha value is -2.81. The number of aryl methyl sites for hydroxylation is 2. The van der Waals surface area contributed by atoms with Crippen molar-refractivity contribution in [1.82, 2.24) is 5.32 Å². The number of benzene rings is 3. The largest absolute Gasteiger partial charge is 0.496 e. The lowest BCUT2D eigenvalue weighted by Crippen LogP contribution is -2.27. The van der Waals surface area contributed by atoms with Gasteiger partial charge in [-0.15, -0.1) is 0 Å². The van der Waals surface area contributed by atoms with E-state index in [4.69, 9.17) is 4.74 Å². The molecule has 3 aromatic carbocycles. The van der Waals surface area contributed by atoms with E-state index in [9.17, 15) is 4.79 Å². The highest BCUT2D eigenvalue weighted by molar-refractivity contribution is 6.01. The first kappa shape index (κ1) is 17.6. The van der Waals surface area contributed by atoms with E-state index in [0.717, 1.165) is 22.8 Å². The quantitative estimate of drug-likeness (QED) is 0.694. The van der Waals surface area contributed by atoms with Crippen LogP contribution in [0.1, 0.15) is 52.9 Å². The summed E-state index contributed by atoms with van der Waals surface area (Å²) >= 11 is 0. The minimum absolute atomic E-state index is 0.0547. The summed E-state index contributed by atoms with van der Waals surface area (Å²) in [5.74, 6) is 0.492. The molecule has 1 aliphatic rings. The number of nitrogens with one attached hydrogen (secondary N) is 1. The van der Waals surface area contributed by atoms with E-state index in [-0.39, 0.29) is 11.9 Å². The molecular formula is C24H25NO2. The van der Waals surface area contributed by atoms with Gasteiger partial charge < -0.3 is 10.1 Å². The normalized spacial score (nSPS) is 14.4. The molecule has 3 aromatic rings. The predicted molar refractivity (Wildman–Crippen MR) is 109 cm³/mol. The Kier molecular flexibility index (Phi) is 4.85. The Morgan fingerprint density at radius 1 is 0.963 bits per heavy atom. The first-order valence-electron chi connectivity index (χ1n) is 9.65. The average molecular weight is 359 g/mol. The Morgan fingerprint density at radius 3 is 2.41 bits per heavy atom. The topological polar surface area (TPSA) is 38.3 Å². The molecule has 3 nitrogen and oxygen atoms in total. The van der Waals surface area contributed by atoms with Crippen LogP contribution in [0.25, 0.3) is 10.8 Å². The molecule has 4 rings (SSSR count). The zero-order valence-corrected chi connectivity index (χ0v) is 15.9.